The summed E-state index contributed by atoms with van der Waals surface area (Å²) in [6.07, 6.45) is 7.19. The monoisotopic (exact) mass is 744 g/mol. The Bertz CT molecular complexity index is 1870. The van der Waals surface area contributed by atoms with Gasteiger partial charge in [0, 0.05) is 34.4 Å². The predicted octanol–water partition coefficient (Wildman–Crippen LogP) is 3.42. The van der Waals surface area contributed by atoms with Gasteiger partial charge in [0.1, 0.15) is 28.9 Å². The van der Waals surface area contributed by atoms with Gasteiger partial charge >= 0.3 is 6.09 Å². The van der Waals surface area contributed by atoms with Gasteiger partial charge in [0.05, 0.1) is 5.25 Å². The van der Waals surface area contributed by atoms with Crippen LogP contribution < -0.4 is 20.7 Å². The molecule has 1 aromatic carbocycles. The summed E-state index contributed by atoms with van der Waals surface area (Å²) >= 11 is 6.12. The molecule has 0 spiro atoms. The van der Waals surface area contributed by atoms with Crippen LogP contribution in [0.3, 0.4) is 0 Å². The molecule has 2 saturated carbocycles. The topological polar surface area (TPSA) is 196 Å². The van der Waals surface area contributed by atoms with Crippen molar-refractivity contribution < 1.29 is 37.1 Å². The Labute approximate surface area is 301 Å². The highest BCUT2D eigenvalue weighted by molar-refractivity contribution is 7.91. The number of alkyl carbamates (subject to hydrolysis) is 1. The number of benzene rings is 1. The molecule has 0 radical (unpaired) electrons. The van der Waals surface area contributed by atoms with Gasteiger partial charge in [-0.2, -0.15) is 0 Å². The maximum Gasteiger partial charge on any atom is 0.408 e. The van der Waals surface area contributed by atoms with Crippen LogP contribution in [-0.4, -0.2) is 89.1 Å². The first-order valence-corrected chi connectivity index (χ1v) is 19.4. The van der Waals surface area contributed by atoms with Gasteiger partial charge < -0.3 is 30.6 Å². The zero-order valence-electron chi connectivity index (χ0n) is 28.9. The average Bonchev–Trinajstić information content (AvgIpc) is 3.93. The molecular weight excluding hydrogens is 700 g/mol. The molecule has 0 unspecified atom stereocenters. The number of amides is 5. The highest BCUT2D eigenvalue weighted by Gasteiger charge is 2.62. The lowest BCUT2D eigenvalue weighted by Gasteiger charge is -2.30. The molecule has 51 heavy (non-hydrogen) atoms. The molecule has 14 nitrogen and oxygen atoms in total. The van der Waals surface area contributed by atoms with E-state index in [1.165, 1.54) is 4.90 Å². The van der Waals surface area contributed by atoms with Gasteiger partial charge in [-0.25, -0.2) is 13.2 Å². The van der Waals surface area contributed by atoms with Gasteiger partial charge in [0.2, 0.25) is 21.8 Å². The molecule has 6 rings (SSSR count). The number of nitrogens with one attached hydrogen (secondary N) is 5. The van der Waals surface area contributed by atoms with E-state index in [9.17, 15) is 32.4 Å². The van der Waals surface area contributed by atoms with E-state index in [-0.39, 0.29) is 31.5 Å². The van der Waals surface area contributed by atoms with E-state index < -0.39 is 80.2 Å². The molecule has 3 heterocycles. The van der Waals surface area contributed by atoms with Crippen molar-refractivity contribution in [3.63, 3.8) is 0 Å². The zero-order valence-corrected chi connectivity index (χ0v) is 30.5. The molecule has 2 aliphatic carbocycles. The summed E-state index contributed by atoms with van der Waals surface area (Å²) in [5.41, 5.74) is -1.38. The van der Waals surface area contributed by atoms with E-state index in [4.69, 9.17) is 16.3 Å². The first-order valence-electron chi connectivity index (χ1n) is 17.5. The Morgan fingerprint density at radius 1 is 1.04 bits per heavy atom. The molecule has 3 fully saturated rings. The highest BCUT2D eigenvalue weighted by atomic mass is 35.5. The number of halogens is 1. The number of H-pyrrole nitrogens is 1. The number of fused-ring (bicyclic) bond motifs is 3. The summed E-state index contributed by atoms with van der Waals surface area (Å²) in [6, 6.07) is 3.98. The number of aromatic amines is 1. The number of carbonyl (C=O) groups excluding carboxylic acids is 5. The summed E-state index contributed by atoms with van der Waals surface area (Å²) in [6.45, 7) is 5.07. The summed E-state index contributed by atoms with van der Waals surface area (Å²) in [4.78, 5) is 72.8. The van der Waals surface area contributed by atoms with Crippen LogP contribution in [0.4, 0.5) is 4.79 Å². The maximum atomic E-state index is 14.3. The molecule has 5 amide bonds. The van der Waals surface area contributed by atoms with E-state index in [2.05, 4.69) is 25.7 Å². The van der Waals surface area contributed by atoms with Crippen LogP contribution in [0.1, 0.15) is 89.0 Å². The number of carbonyl (C=O) groups is 5. The predicted molar refractivity (Wildman–Crippen MR) is 189 cm³/mol. The molecular formula is C35H45ClN6O8S. The summed E-state index contributed by atoms with van der Waals surface area (Å²) < 4.78 is 33.1. The van der Waals surface area contributed by atoms with Crippen molar-refractivity contribution in [2.75, 3.05) is 6.54 Å². The number of nitrogens with zero attached hydrogens (tertiary/aromatic N) is 1. The minimum absolute atomic E-state index is 0.00705. The first-order chi connectivity index (χ1) is 24.0. The van der Waals surface area contributed by atoms with Crippen molar-refractivity contribution in [2.45, 2.75) is 113 Å². The normalized spacial score (nSPS) is 28.0. The Kier molecular flexibility index (Phi) is 10.2. The Balaban J connectivity index is 1.27. The van der Waals surface area contributed by atoms with Crippen molar-refractivity contribution in [1.29, 1.82) is 0 Å². The molecule has 4 aliphatic rings. The van der Waals surface area contributed by atoms with E-state index >= 15 is 0 Å². The highest BCUT2D eigenvalue weighted by Crippen LogP contribution is 2.46. The number of hydrogen-bond donors (Lipinski definition) is 5. The maximum absolute atomic E-state index is 14.3. The Morgan fingerprint density at radius 3 is 2.53 bits per heavy atom. The van der Waals surface area contributed by atoms with Crippen LogP contribution in [0.2, 0.25) is 5.02 Å². The number of ether oxygens (including phenoxy) is 1. The Hall–Kier alpha value is -4.11. The van der Waals surface area contributed by atoms with Crippen LogP contribution in [0.15, 0.2) is 36.4 Å². The van der Waals surface area contributed by atoms with Crippen molar-refractivity contribution in [3.8, 4) is 0 Å². The van der Waals surface area contributed by atoms with Gasteiger partial charge in [-0.1, -0.05) is 36.6 Å². The Morgan fingerprint density at radius 2 is 1.80 bits per heavy atom. The molecule has 16 heteroatoms. The summed E-state index contributed by atoms with van der Waals surface area (Å²) in [7, 11) is -3.90. The van der Waals surface area contributed by atoms with Crippen LogP contribution in [0.25, 0.3) is 10.9 Å². The van der Waals surface area contributed by atoms with E-state index in [1.807, 2.05) is 12.2 Å². The molecule has 5 N–H and O–H groups in total. The van der Waals surface area contributed by atoms with Gasteiger partial charge in [-0.05, 0) is 90.0 Å². The van der Waals surface area contributed by atoms with Gasteiger partial charge in [0.25, 0.3) is 11.8 Å². The van der Waals surface area contributed by atoms with Crippen molar-refractivity contribution in [3.05, 3.63) is 47.1 Å². The minimum atomic E-state index is -3.90. The van der Waals surface area contributed by atoms with Crippen LogP contribution in [0, 0.1) is 5.92 Å². The third kappa shape index (κ3) is 8.52. The molecule has 5 atom stereocenters. The second-order valence-corrected chi connectivity index (χ2v) is 17.4. The average molecular weight is 745 g/mol. The number of aromatic nitrogens is 1. The molecule has 1 aromatic heterocycles. The van der Waals surface area contributed by atoms with Crippen molar-refractivity contribution in [2.24, 2.45) is 5.92 Å². The summed E-state index contributed by atoms with van der Waals surface area (Å²) in [5.74, 6) is -2.92. The standard InChI is InChI=1S/C35H45ClN6O8S/c1-34(2,3)50-33(47)39-26-10-8-6-4-5-7-9-21-18-35(21,32(46)41-51(48,49)24-12-13-24)40-30(44)28-17-23(19-42(28)31(26)45)37-29(43)27-16-20-15-22(36)11-14-25(20)38-27/h7,9,11,14-16,21,23-24,26,28,38H,4-6,8,10,12-13,17-19H2,1-3H3,(H,37,43)(H,39,47)(H,40,44)(H,41,46)/b9-7-/t21-,23+,26-,28-,35+/m0/s1. The van der Waals surface area contributed by atoms with Gasteiger partial charge in [-0.15, -0.1) is 0 Å². The van der Waals surface area contributed by atoms with Crippen molar-refractivity contribution >= 4 is 62.2 Å². The van der Waals surface area contributed by atoms with E-state index in [1.54, 1.807) is 45.0 Å². The van der Waals surface area contributed by atoms with Crippen LogP contribution >= 0.6 is 11.6 Å². The molecule has 1 saturated heterocycles. The van der Waals surface area contributed by atoms with E-state index in [0.29, 0.717) is 36.2 Å². The van der Waals surface area contributed by atoms with Crippen LogP contribution in [-0.2, 0) is 29.1 Å². The first kappa shape index (κ1) is 36.7. The van der Waals surface area contributed by atoms with E-state index in [0.717, 1.165) is 18.2 Å². The summed E-state index contributed by atoms with van der Waals surface area (Å²) in [5, 5.41) is 9.05. The second kappa shape index (κ2) is 14.1. The number of rotatable bonds is 6. The third-order valence-electron chi connectivity index (χ3n) is 9.73. The fraction of sp³-hybridized carbons (Fsp3) is 0.571. The lowest BCUT2D eigenvalue weighted by molar-refractivity contribution is -0.141. The lowest BCUT2D eigenvalue weighted by atomic mass is 10.0. The van der Waals surface area contributed by atoms with Crippen molar-refractivity contribution in [1.82, 2.24) is 30.6 Å². The number of hydrogen-bond acceptors (Lipinski definition) is 8. The molecule has 2 aromatic rings. The zero-order chi connectivity index (χ0) is 36.7. The molecule has 0 bridgehead atoms. The smallest absolute Gasteiger partial charge is 0.408 e. The van der Waals surface area contributed by atoms with Gasteiger partial charge in [0.15, 0.2) is 0 Å². The fourth-order valence-electron chi connectivity index (χ4n) is 6.84. The molecule has 276 valence electrons. The quantitative estimate of drug-likeness (QED) is 0.278. The second-order valence-electron chi connectivity index (χ2n) is 15.0. The van der Waals surface area contributed by atoms with Gasteiger partial charge in [-0.3, -0.25) is 23.9 Å². The lowest BCUT2D eigenvalue weighted by Crippen LogP contribution is -2.58. The SMILES string of the molecule is CC(C)(C)OC(=O)N[C@H]1CCCCC/C=C\[C@H]2C[C@@]2(C(=O)NS(=O)(=O)C2CC2)NC(=O)[C@@H]2C[C@@H](NC(=O)c3cc4cc(Cl)ccc4[nH]3)CN2C1=O. The third-order valence-corrected chi connectivity index (χ3v) is 11.8. The number of allylic oxidation sites excluding steroid dienone is 1. The number of sulfonamides is 1. The largest absolute Gasteiger partial charge is 0.444 e. The van der Waals surface area contributed by atoms with Crippen LogP contribution in [0.5, 0.6) is 0 Å². The minimum Gasteiger partial charge on any atom is -0.444 e. The molecule has 2 aliphatic heterocycles. The fourth-order valence-corrected chi connectivity index (χ4v) is 8.39.